The van der Waals surface area contributed by atoms with Gasteiger partial charge in [-0.05, 0) is 61.8 Å². The van der Waals surface area contributed by atoms with Gasteiger partial charge in [-0.2, -0.15) is 0 Å². The highest BCUT2D eigenvalue weighted by molar-refractivity contribution is 5.79. The van der Waals surface area contributed by atoms with E-state index < -0.39 is 0 Å². The summed E-state index contributed by atoms with van der Waals surface area (Å²) in [6, 6.07) is 27.0. The van der Waals surface area contributed by atoms with E-state index in [1.165, 1.54) is 23.1 Å². The molecule has 0 radical (unpaired) electrons. The van der Waals surface area contributed by atoms with E-state index in [9.17, 15) is 0 Å². The minimum absolute atomic E-state index is 0.371. The van der Waals surface area contributed by atoms with Crippen molar-refractivity contribution >= 4 is 5.57 Å². The third kappa shape index (κ3) is 4.49. The van der Waals surface area contributed by atoms with Gasteiger partial charge in [0.05, 0.1) is 7.11 Å². The maximum absolute atomic E-state index is 6.53. The standard InChI is InChI=1S/C30H29NO2/c1-21-17-18-26(32-2)20-25(21)19-24-15-9-10-16-27(24)30-31-28(22-11-5-3-6-12-22)29(33-30)23-13-7-4-8-14-23/h3-8,11-14,16-18,20,24H,9-10,15,19H2,1-2H3. The number of methoxy groups -OCH3 is 1. The van der Waals surface area contributed by atoms with Gasteiger partial charge in [-0.1, -0.05) is 72.8 Å². The molecule has 0 fully saturated rings. The Morgan fingerprint density at radius 2 is 1.67 bits per heavy atom. The molecule has 3 nitrogen and oxygen atoms in total. The van der Waals surface area contributed by atoms with E-state index >= 15 is 0 Å². The van der Waals surface area contributed by atoms with E-state index in [2.05, 4.69) is 49.4 Å². The van der Waals surface area contributed by atoms with Crippen LogP contribution in [0.3, 0.4) is 0 Å². The summed E-state index contributed by atoms with van der Waals surface area (Å²) in [5, 5.41) is 0. The van der Waals surface area contributed by atoms with Gasteiger partial charge in [0.2, 0.25) is 5.89 Å². The summed E-state index contributed by atoms with van der Waals surface area (Å²) in [6.07, 6.45) is 6.67. The van der Waals surface area contributed by atoms with Gasteiger partial charge < -0.3 is 9.15 Å². The van der Waals surface area contributed by atoms with Crippen molar-refractivity contribution < 1.29 is 9.15 Å². The van der Waals surface area contributed by atoms with Crippen LogP contribution in [0.2, 0.25) is 0 Å². The lowest BCUT2D eigenvalue weighted by molar-refractivity contribution is 0.413. The molecule has 0 amide bonds. The van der Waals surface area contributed by atoms with Crippen molar-refractivity contribution in [1.29, 1.82) is 0 Å². The van der Waals surface area contributed by atoms with Crippen LogP contribution in [-0.2, 0) is 6.42 Å². The lowest BCUT2D eigenvalue weighted by atomic mass is 9.82. The van der Waals surface area contributed by atoms with Crippen molar-refractivity contribution in [3.05, 3.63) is 102 Å². The molecule has 3 aromatic carbocycles. The third-order valence-electron chi connectivity index (χ3n) is 6.54. The average Bonchev–Trinajstić information content (AvgIpc) is 3.32. The van der Waals surface area contributed by atoms with Crippen LogP contribution in [0.15, 0.2) is 89.4 Å². The second kappa shape index (κ2) is 9.50. The van der Waals surface area contributed by atoms with Crippen LogP contribution in [0.4, 0.5) is 0 Å². The Morgan fingerprint density at radius 3 is 2.39 bits per heavy atom. The molecule has 0 aliphatic heterocycles. The van der Waals surface area contributed by atoms with Gasteiger partial charge in [-0.15, -0.1) is 0 Å². The summed E-state index contributed by atoms with van der Waals surface area (Å²) in [5.74, 6) is 2.86. The number of ether oxygens (including phenoxy) is 1. The zero-order valence-corrected chi connectivity index (χ0v) is 19.3. The molecule has 4 aromatic rings. The number of rotatable bonds is 6. The van der Waals surface area contributed by atoms with Crippen molar-refractivity contribution in [2.45, 2.75) is 32.6 Å². The maximum atomic E-state index is 6.53. The third-order valence-corrected chi connectivity index (χ3v) is 6.54. The number of nitrogens with zero attached hydrogens (tertiary/aromatic N) is 1. The Morgan fingerprint density at radius 1 is 0.939 bits per heavy atom. The molecular formula is C30H29NO2. The highest BCUT2D eigenvalue weighted by atomic mass is 16.5. The quantitative estimate of drug-likeness (QED) is 0.310. The molecule has 0 bridgehead atoms. The molecule has 0 N–H and O–H groups in total. The van der Waals surface area contributed by atoms with Crippen molar-refractivity contribution in [2.24, 2.45) is 5.92 Å². The van der Waals surface area contributed by atoms with Gasteiger partial charge >= 0.3 is 0 Å². The maximum Gasteiger partial charge on any atom is 0.223 e. The largest absolute Gasteiger partial charge is 0.497 e. The first-order valence-corrected chi connectivity index (χ1v) is 11.7. The second-order valence-corrected chi connectivity index (χ2v) is 8.71. The fraction of sp³-hybridized carbons (Fsp3) is 0.233. The fourth-order valence-corrected chi connectivity index (χ4v) is 4.70. The van der Waals surface area contributed by atoms with Crippen LogP contribution in [0.1, 0.15) is 36.3 Å². The summed E-state index contributed by atoms with van der Waals surface area (Å²) in [6.45, 7) is 2.17. The lowest BCUT2D eigenvalue weighted by Crippen LogP contribution is -2.12. The van der Waals surface area contributed by atoms with Gasteiger partial charge in [-0.3, -0.25) is 0 Å². The van der Waals surface area contributed by atoms with Crippen LogP contribution in [0.5, 0.6) is 5.75 Å². The molecule has 33 heavy (non-hydrogen) atoms. The van der Waals surface area contributed by atoms with E-state index in [1.807, 2.05) is 42.5 Å². The van der Waals surface area contributed by atoms with E-state index in [0.717, 1.165) is 53.5 Å². The molecule has 1 heterocycles. The van der Waals surface area contributed by atoms with E-state index in [0.29, 0.717) is 5.92 Å². The number of hydrogen-bond acceptors (Lipinski definition) is 3. The number of hydrogen-bond donors (Lipinski definition) is 0. The summed E-state index contributed by atoms with van der Waals surface area (Å²) < 4.78 is 12.0. The number of aromatic nitrogens is 1. The van der Waals surface area contributed by atoms with Crippen molar-refractivity contribution in [2.75, 3.05) is 7.11 Å². The minimum Gasteiger partial charge on any atom is -0.497 e. The molecule has 166 valence electrons. The normalized spacial score (nSPS) is 15.8. The number of aryl methyl sites for hydroxylation is 1. The smallest absolute Gasteiger partial charge is 0.223 e. The predicted molar refractivity (Wildman–Crippen MR) is 134 cm³/mol. The molecule has 1 atom stereocenters. The first-order valence-electron chi connectivity index (χ1n) is 11.7. The predicted octanol–water partition coefficient (Wildman–Crippen LogP) is 7.75. The second-order valence-electron chi connectivity index (χ2n) is 8.71. The molecule has 1 aliphatic rings. The first kappa shape index (κ1) is 21.3. The van der Waals surface area contributed by atoms with Crippen molar-refractivity contribution in [3.8, 4) is 28.3 Å². The fourth-order valence-electron chi connectivity index (χ4n) is 4.70. The lowest BCUT2D eigenvalue weighted by Gasteiger charge is -2.23. The summed E-state index contributed by atoms with van der Waals surface area (Å²) in [4.78, 5) is 5.07. The van der Waals surface area contributed by atoms with E-state index in [1.54, 1.807) is 7.11 Å². The average molecular weight is 436 g/mol. The van der Waals surface area contributed by atoms with Gasteiger partial charge in [0, 0.05) is 16.7 Å². The highest BCUT2D eigenvalue weighted by Crippen LogP contribution is 2.40. The Bertz CT molecular complexity index is 1200. The van der Waals surface area contributed by atoms with Gasteiger partial charge in [0.1, 0.15) is 11.4 Å². The molecule has 1 aliphatic carbocycles. The topological polar surface area (TPSA) is 35.3 Å². The zero-order chi connectivity index (χ0) is 22.6. The Kier molecular flexibility index (Phi) is 6.12. The van der Waals surface area contributed by atoms with E-state index in [-0.39, 0.29) is 0 Å². The zero-order valence-electron chi connectivity index (χ0n) is 19.3. The molecule has 0 saturated heterocycles. The van der Waals surface area contributed by atoms with Crippen LogP contribution >= 0.6 is 0 Å². The molecule has 1 unspecified atom stereocenters. The number of oxazole rings is 1. The van der Waals surface area contributed by atoms with Crippen LogP contribution < -0.4 is 4.74 Å². The summed E-state index contributed by atoms with van der Waals surface area (Å²) in [7, 11) is 1.73. The molecule has 3 heteroatoms. The SMILES string of the molecule is COc1ccc(C)c(CC2CCCC=C2c2nc(-c3ccccc3)c(-c3ccccc3)o2)c1. The van der Waals surface area contributed by atoms with Crippen LogP contribution in [0.25, 0.3) is 28.2 Å². The van der Waals surface area contributed by atoms with Gasteiger partial charge in [-0.25, -0.2) is 4.98 Å². The van der Waals surface area contributed by atoms with Crippen molar-refractivity contribution in [1.82, 2.24) is 4.98 Å². The Labute approximate surface area is 195 Å². The first-order chi connectivity index (χ1) is 16.2. The molecule has 0 spiro atoms. The Balaban J connectivity index is 1.55. The number of allylic oxidation sites excluding steroid dienone is 2. The van der Waals surface area contributed by atoms with Crippen LogP contribution in [-0.4, -0.2) is 12.1 Å². The Hall–Kier alpha value is -3.59. The molecule has 1 aromatic heterocycles. The molecule has 0 saturated carbocycles. The molecular weight excluding hydrogens is 406 g/mol. The van der Waals surface area contributed by atoms with Gasteiger partial charge in [0.15, 0.2) is 5.76 Å². The minimum atomic E-state index is 0.371. The van der Waals surface area contributed by atoms with Crippen LogP contribution in [0, 0.1) is 12.8 Å². The highest BCUT2D eigenvalue weighted by Gasteiger charge is 2.26. The summed E-state index contributed by atoms with van der Waals surface area (Å²) in [5.41, 5.74) is 6.87. The summed E-state index contributed by atoms with van der Waals surface area (Å²) >= 11 is 0. The number of benzene rings is 3. The van der Waals surface area contributed by atoms with Gasteiger partial charge in [0.25, 0.3) is 0 Å². The van der Waals surface area contributed by atoms with E-state index in [4.69, 9.17) is 14.1 Å². The monoisotopic (exact) mass is 435 g/mol. The van der Waals surface area contributed by atoms with Crippen molar-refractivity contribution in [3.63, 3.8) is 0 Å². The molecule has 5 rings (SSSR count).